The number of nitrogens with zero attached hydrogens (tertiary/aromatic N) is 4. The summed E-state index contributed by atoms with van der Waals surface area (Å²) in [4.78, 5) is 36.6. The maximum absolute atomic E-state index is 14.3. The quantitative estimate of drug-likeness (QED) is 0.269. The van der Waals surface area contributed by atoms with E-state index in [1.165, 1.54) is 46.4 Å². The molecule has 0 spiro atoms. The molecule has 250 valence electrons. The van der Waals surface area contributed by atoms with E-state index in [1.54, 1.807) is 37.7 Å². The van der Waals surface area contributed by atoms with Gasteiger partial charge < -0.3 is 16.2 Å². The van der Waals surface area contributed by atoms with Gasteiger partial charge in [0.15, 0.2) is 11.9 Å². The Hall–Kier alpha value is -5.17. The van der Waals surface area contributed by atoms with Crippen molar-refractivity contribution in [3.63, 3.8) is 0 Å². The fraction of sp³-hybridized carbons (Fsp3) is 0.257. The monoisotopic (exact) mass is 676 g/mol. The number of rotatable bonds is 5. The van der Waals surface area contributed by atoms with Crippen molar-refractivity contribution >= 4 is 35.1 Å². The van der Waals surface area contributed by atoms with Gasteiger partial charge >= 0.3 is 0 Å². The number of guanidine groups is 2. The van der Waals surface area contributed by atoms with Crippen molar-refractivity contribution in [2.45, 2.75) is 37.8 Å². The fourth-order valence-electron chi connectivity index (χ4n) is 5.49. The van der Waals surface area contributed by atoms with Crippen LogP contribution in [0.2, 0.25) is 0 Å². The zero-order valence-corrected chi connectivity index (χ0v) is 27.9. The Morgan fingerprint density at radius 1 is 0.771 bits per heavy atom. The average molecular weight is 677 g/mol. The molecule has 9 nitrogen and oxygen atoms in total. The van der Waals surface area contributed by atoms with Crippen molar-refractivity contribution in [3.8, 4) is 28.0 Å². The van der Waals surface area contributed by atoms with Gasteiger partial charge in [-0.05, 0) is 83.9 Å². The number of hydrogen-bond donors (Lipinski definition) is 2. The smallest absolute Gasteiger partial charge is 0.231 e. The third-order valence-corrected chi connectivity index (χ3v) is 9.63. The van der Waals surface area contributed by atoms with Crippen LogP contribution in [0.15, 0.2) is 82.1 Å². The van der Waals surface area contributed by atoms with Gasteiger partial charge in [-0.1, -0.05) is 18.2 Å². The lowest BCUT2D eigenvalue weighted by atomic mass is 9.86. The highest BCUT2D eigenvalue weighted by atomic mass is 32.1. The molecule has 0 saturated heterocycles. The number of thiophene rings is 1. The SMILES string of the molecule is CN1C(=O)C[C@@](C)(c2cc(-c3cc(F)cc(F)c3)cs2)N=C1N.COc1ccc(F)c(-c2cccc([C@]3(C)CC(=O)N(C)C(N)=N3)c2)c1. The molecule has 0 aliphatic carbocycles. The highest BCUT2D eigenvalue weighted by Crippen LogP contribution is 2.40. The summed E-state index contributed by atoms with van der Waals surface area (Å²) < 4.78 is 46.2. The maximum atomic E-state index is 14.3. The summed E-state index contributed by atoms with van der Waals surface area (Å²) >= 11 is 1.39. The number of aliphatic imine (C=N–C) groups is 2. The van der Waals surface area contributed by atoms with E-state index >= 15 is 0 Å². The summed E-state index contributed by atoms with van der Waals surface area (Å²) in [6, 6.07) is 17.1. The number of benzene rings is 3. The number of methoxy groups -OCH3 is 1. The highest BCUT2D eigenvalue weighted by molar-refractivity contribution is 7.10. The van der Waals surface area contributed by atoms with Crippen LogP contribution < -0.4 is 16.2 Å². The largest absolute Gasteiger partial charge is 0.497 e. The van der Waals surface area contributed by atoms with E-state index in [2.05, 4.69) is 9.98 Å². The molecule has 4 N–H and O–H groups in total. The zero-order valence-electron chi connectivity index (χ0n) is 27.1. The van der Waals surface area contributed by atoms with E-state index in [9.17, 15) is 22.8 Å². The van der Waals surface area contributed by atoms with Crippen LogP contribution in [-0.2, 0) is 20.7 Å². The van der Waals surface area contributed by atoms with Gasteiger partial charge in [0.25, 0.3) is 0 Å². The molecule has 0 bridgehead atoms. The minimum Gasteiger partial charge on any atom is -0.497 e. The third-order valence-electron chi connectivity index (χ3n) is 8.44. The molecule has 0 fully saturated rings. The molecule has 0 saturated carbocycles. The Kier molecular flexibility index (Phi) is 9.36. The first-order chi connectivity index (χ1) is 22.6. The summed E-state index contributed by atoms with van der Waals surface area (Å²) in [7, 11) is 4.72. The first kappa shape index (κ1) is 34.2. The van der Waals surface area contributed by atoms with Gasteiger partial charge in [0.05, 0.1) is 25.5 Å². The third kappa shape index (κ3) is 6.91. The molecule has 48 heavy (non-hydrogen) atoms. The van der Waals surface area contributed by atoms with Crippen molar-refractivity contribution in [2.24, 2.45) is 21.5 Å². The van der Waals surface area contributed by atoms with Crippen molar-refractivity contribution < 1.29 is 27.5 Å². The van der Waals surface area contributed by atoms with Gasteiger partial charge in [-0.3, -0.25) is 19.4 Å². The molecule has 2 aliphatic rings. The lowest BCUT2D eigenvalue weighted by molar-refractivity contribution is -0.129. The lowest BCUT2D eigenvalue weighted by Gasteiger charge is -2.33. The Labute approximate surface area is 280 Å². The summed E-state index contributed by atoms with van der Waals surface area (Å²) in [6.45, 7) is 3.68. The van der Waals surface area contributed by atoms with Crippen molar-refractivity contribution in [1.29, 1.82) is 0 Å². The molecule has 6 rings (SSSR count). The summed E-state index contributed by atoms with van der Waals surface area (Å²) in [5.74, 6) is -0.909. The fourth-order valence-corrected chi connectivity index (χ4v) is 6.51. The molecule has 0 unspecified atom stereocenters. The van der Waals surface area contributed by atoms with Crippen LogP contribution >= 0.6 is 11.3 Å². The van der Waals surface area contributed by atoms with Crippen LogP contribution in [0.25, 0.3) is 22.3 Å². The van der Waals surface area contributed by atoms with E-state index in [0.717, 1.165) is 16.5 Å². The molecule has 2 amide bonds. The van der Waals surface area contributed by atoms with Crippen LogP contribution in [0.3, 0.4) is 0 Å². The molecule has 0 radical (unpaired) electrons. The van der Waals surface area contributed by atoms with Crippen LogP contribution in [0.4, 0.5) is 13.2 Å². The van der Waals surface area contributed by atoms with E-state index in [-0.39, 0.29) is 42.4 Å². The molecule has 3 heterocycles. The molecule has 1 aromatic heterocycles. The van der Waals surface area contributed by atoms with Gasteiger partial charge in [-0.25, -0.2) is 23.2 Å². The van der Waals surface area contributed by atoms with Crippen LogP contribution in [0.1, 0.15) is 37.1 Å². The zero-order chi connectivity index (χ0) is 35.0. The predicted molar refractivity (Wildman–Crippen MR) is 181 cm³/mol. The molecule has 4 aromatic rings. The van der Waals surface area contributed by atoms with Gasteiger partial charge in [0, 0.05) is 30.6 Å². The second-order valence-electron chi connectivity index (χ2n) is 12.0. The standard InChI is InChI=1S/C19H20FN3O2.C16H15F2N3OS/c1-19(11-17(24)23(2)18(21)22-19)13-6-4-5-12(9-13)15-10-14(25-3)7-8-16(15)20;1-16(7-14(22)21(2)15(19)20-16)13-5-10(8-23-13)9-3-11(17)6-12(18)4-9/h4-10H,11H2,1-3H3,(H2,21,22);3-6,8H,7H2,1-2H3,(H2,19,20)/t19-;16-/m00/s1. The molecule has 2 atom stereocenters. The second kappa shape index (κ2) is 13.1. The van der Waals surface area contributed by atoms with Crippen molar-refractivity contribution in [3.05, 3.63) is 100 Å². The number of nitrogens with two attached hydrogens (primary N) is 2. The van der Waals surface area contributed by atoms with E-state index in [0.29, 0.717) is 28.0 Å². The number of hydrogen-bond acceptors (Lipinski definition) is 8. The minimum atomic E-state index is -0.779. The molecule has 13 heteroatoms. The first-order valence-electron chi connectivity index (χ1n) is 14.9. The second-order valence-corrected chi connectivity index (χ2v) is 12.9. The topological polar surface area (TPSA) is 127 Å². The Morgan fingerprint density at radius 3 is 1.98 bits per heavy atom. The molecular weight excluding hydrogens is 641 g/mol. The van der Waals surface area contributed by atoms with Crippen molar-refractivity contribution in [1.82, 2.24) is 9.80 Å². The van der Waals surface area contributed by atoms with Crippen molar-refractivity contribution in [2.75, 3.05) is 21.2 Å². The highest BCUT2D eigenvalue weighted by Gasteiger charge is 2.38. The number of ether oxygens (including phenoxy) is 1. The predicted octanol–water partition coefficient (Wildman–Crippen LogP) is 5.98. The number of amides is 2. The summed E-state index contributed by atoms with van der Waals surface area (Å²) in [5, 5.41) is 1.79. The van der Waals surface area contributed by atoms with Crippen LogP contribution in [0.5, 0.6) is 5.75 Å². The molecule has 2 aliphatic heterocycles. The molecular formula is C35H35F3N6O3S. The Morgan fingerprint density at radius 2 is 1.38 bits per heavy atom. The van der Waals surface area contributed by atoms with Gasteiger partial charge in [-0.15, -0.1) is 11.3 Å². The summed E-state index contributed by atoms with van der Waals surface area (Å²) in [5.41, 5.74) is 13.2. The first-order valence-corrected chi connectivity index (χ1v) is 15.7. The average Bonchev–Trinajstić information content (AvgIpc) is 3.55. The Balaban J connectivity index is 0.000000188. The Bertz CT molecular complexity index is 1940. The van der Waals surface area contributed by atoms with Gasteiger partial charge in [0.1, 0.15) is 28.7 Å². The molecule has 3 aromatic carbocycles. The van der Waals surface area contributed by atoms with Gasteiger partial charge in [-0.2, -0.15) is 0 Å². The minimum absolute atomic E-state index is 0.104. The van der Waals surface area contributed by atoms with Crippen LogP contribution in [-0.4, -0.2) is 54.7 Å². The van der Waals surface area contributed by atoms with Crippen LogP contribution in [0, 0.1) is 17.5 Å². The normalized spacial score (nSPS) is 20.9. The number of carbonyl (C=O) groups is 2. The number of halogens is 3. The van der Waals surface area contributed by atoms with E-state index in [4.69, 9.17) is 16.2 Å². The van der Waals surface area contributed by atoms with E-state index in [1.807, 2.05) is 38.1 Å². The lowest BCUT2D eigenvalue weighted by Crippen LogP contribution is -2.47. The summed E-state index contributed by atoms with van der Waals surface area (Å²) in [6.07, 6.45) is 0.399. The maximum Gasteiger partial charge on any atom is 0.231 e. The number of carbonyl (C=O) groups excluding carboxylic acids is 2. The van der Waals surface area contributed by atoms with Gasteiger partial charge in [0.2, 0.25) is 11.8 Å². The van der Waals surface area contributed by atoms with E-state index < -0.39 is 22.7 Å².